The highest BCUT2D eigenvalue weighted by Gasteiger charge is 2.23. The number of carbonyl (C=O) groups is 1. The smallest absolute Gasteiger partial charge is 0.244 e. The van der Waals surface area contributed by atoms with Gasteiger partial charge in [0.1, 0.15) is 6.54 Å². The van der Waals surface area contributed by atoms with Gasteiger partial charge in [0.05, 0.1) is 0 Å². The maximum Gasteiger partial charge on any atom is 0.244 e. The van der Waals surface area contributed by atoms with Crippen molar-refractivity contribution in [2.45, 2.75) is 25.8 Å². The van der Waals surface area contributed by atoms with Gasteiger partial charge in [-0.05, 0) is 38.1 Å². The molecule has 0 radical (unpaired) electrons. The lowest BCUT2D eigenvalue weighted by Crippen LogP contribution is -2.49. The molecule has 2 aliphatic heterocycles. The van der Waals surface area contributed by atoms with Crippen molar-refractivity contribution in [2.75, 3.05) is 57.3 Å². The summed E-state index contributed by atoms with van der Waals surface area (Å²) in [5, 5.41) is 3.18. The van der Waals surface area contributed by atoms with E-state index in [-0.39, 0.29) is 12.5 Å². The highest BCUT2D eigenvalue weighted by Crippen LogP contribution is 2.16. The number of likely N-dealkylation sites (tertiary alicyclic amines) is 1. The minimum atomic E-state index is 0.0449. The van der Waals surface area contributed by atoms with Crippen molar-refractivity contribution < 1.29 is 4.79 Å². The number of nitrogens with zero attached hydrogens (tertiary/aromatic N) is 4. The summed E-state index contributed by atoms with van der Waals surface area (Å²) in [6.45, 7) is 8.48. The molecule has 0 spiro atoms. The predicted octanol–water partition coefficient (Wildman–Crippen LogP) is 0.724. The third-order valence-corrected chi connectivity index (χ3v) is 5.56. The highest BCUT2D eigenvalue weighted by molar-refractivity contribution is 5.84. The van der Waals surface area contributed by atoms with Crippen LogP contribution in [-0.2, 0) is 4.79 Å². The molecule has 2 saturated heterocycles. The van der Waals surface area contributed by atoms with E-state index in [0.717, 1.165) is 45.8 Å². The normalized spacial score (nSPS) is 21.5. The fourth-order valence-electron chi connectivity index (χ4n) is 3.93. The second-order valence-corrected chi connectivity index (χ2v) is 7.21. The van der Waals surface area contributed by atoms with Crippen LogP contribution in [0.5, 0.6) is 0 Å². The van der Waals surface area contributed by atoms with E-state index in [4.69, 9.17) is 5.73 Å². The molecule has 1 atom stereocenters. The molecule has 2 aliphatic rings. The van der Waals surface area contributed by atoms with Crippen LogP contribution < -0.4 is 16.0 Å². The number of rotatable bonds is 6. The number of guanidine groups is 1. The number of para-hydroxylation sites is 1. The number of aliphatic imine (C=N–C) groups is 1. The van der Waals surface area contributed by atoms with E-state index in [0.29, 0.717) is 12.0 Å². The van der Waals surface area contributed by atoms with E-state index in [2.05, 4.69) is 39.2 Å². The summed E-state index contributed by atoms with van der Waals surface area (Å²) in [6, 6.07) is 10.8. The molecule has 7 heteroatoms. The van der Waals surface area contributed by atoms with Gasteiger partial charge in [-0.2, -0.15) is 0 Å². The van der Waals surface area contributed by atoms with Gasteiger partial charge in [0.2, 0.25) is 5.91 Å². The molecule has 1 amide bonds. The van der Waals surface area contributed by atoms with Gasteiger partial charge in [0.25, 0.3) is 0 Å². The number of anilines is 1. The van der Waals surface area contributed by atoms with Gasteiger partial charge in [-0.3, -0.25) is 9.69 Å². The summed E-state index contributed by atoms with van der Waals surface area (Å²) in [5.74, 6) is 0.415. The molecule has 1 aromatic rings. The van der Waals surface area contributed by atoms with E-state index in [1.807, 2.05) is 23.1 Å². The summed E-state index contributed by atoms with van der Waals surface area (Å²) in [7, 11) is 0. The average Bonchev–Trinajstić information content (AvgIpc) is 3.19. The number of piperazine rings is 1. The lowest BCUT2D eigenvalue weighted by Gasteiger charge is -2.36. The van der Waals surface area contributed by atoms with Gasteiger partial charge in [0, 0.05) is 44.5 Å². The molecule has 1 unspecified atom stereocenters. The van der Waals surface area contributed by atoms with E-state index < -0.39 is 0 Å². The predicted molar refractivity (Wildman–Crippen MR) is 110 cm³/mol. The number of likely N-dealkylation sites (N-methyl/N-ethyl adjacent to an activating group) is 1. The van der Waals surface area contributed by atoms with Gasteiger partial charge in [-0.1, -0.05) is 25.1 Å². The molecule has 1 aromatic carbocycles. The molecule has 3 N–H and O–H groups in total. The van der Waals surface area contributed by atoms with Crippen LogP contribution in [0.2, 0.25) is 0 Å². The zero-order valence-electron chi connectivity index (χ0n) is 16.3. The fourth-order valence-corrected chi connectivity index (χ4v) is 3.93. The quantitative estimate of drug-likeness (QED) is 0.568. The summed E-state index contributed by atoms with van der Waals surface area (Å²) in [5.41, 5.74) is 7.17. The first-order valence-corrected chi connectivity index (χ1v) is 10.0. The molecular formula is C20H32N6O. The van der Waals surface area contributed by atoms with Crippen LogP contribution in [0, 0.1) is 0 Å². The maximum atomic E-state index is 12.4. The van der Waals surface area contributed by atoms with Crippen molar-refractivity contribution >= 4 is 17.6 Å². The molecule has 0 bridgehead atoms. The third kappa shape index (κ3) is 5.35. The Hall–Kier alpha value is -2.28. The molecule has 27 heavy (non-hydrogen) atoms. The van der Waals surface area contributed by atoms with Crippen molar-refractivity contribution in [1.82, 2.24) is 15.1 Å². The van der Waals surface area contributed by atoms with Crippen LogP contribution in [0.15, 0.2) is 35.3 Å². The van der Waals surface area contributed by atoms with Crippen LogP contribution in [0.3, 0.4) is 0 Å². The summed E-state index contributed by atoms with van der Waals surface area (Å²) in [4.78, 5) is 23.3. The first-order valence-electron chi connectivity index (χ1n) is 10.0. The number of hydrogen-bond acceptors (Lipinski definition) is 4. The van der Waals surface area contributed by atoms with Crippen molar-refractivity contribution in [1.29, 1.82) is 0 Å². The van der Waals surface area contributed by atoms with Crippen molar-refractivity contribution in [3.05, 3.63) is 30.3 Å². The van der Waals surface area contributed by atoms with Gasteiger partial charge < -0.3 is 20.9 Å². The second-order valence-electron chi connectivity index (χ2n) is 7.21. The number of nitrogens with one attached hydrogen (secondary N) is 1. The first kappa shape index (κ1) is 19.5. The van der Waals surface area contributed by atoms with E-state index in [1.165, 1.54) is 18.5 Å². The number of hydrogen-bond donors (Lipinski definition) is 2. The zero-order valence-corrected chi connectivity index (χ0v) is 16.3. The highest BCUT2D eigenvalue weighted by atomic mass is 16.2. The summed E-state index contributed by atoms with van der Waals surface area (Å²) >= 11 is 0. The number of benzene rings is 1. The molecule has 7 nitrogen and oxygen atoms in total. The van der Waals surface area contributed by atoms with Crippen LogP contribution in [0.25, 0.3) is 0 Å². The standard InChI is InChI=1S/C20H32N6O/c1-2-24-10-6-9-18(24)15-22-20(21)23-16-19(27)26-13-11-25(12-14-26)17-7-4-3-5-8-17/h3-5,7-8,18H,2,6,9-16H2,1H3,(H3,21,22,23). The van der Waals surface area contributed by atoms with E-state index in [1.54, 1.807) is 0 Å². The number of carbonyl (C=O) groups excluding carboxylic acids is 1. The fraction of sp³-hybridized carbons (Fsp3) is 0.600. The van der Waals surface area contributed by atoms with Crippen LogP contribution in [0.1, 0.15) is 19.8 Å². The van der Waals surface area contributed by atoms with Crippen LogP contribution >= 0.6 is 0 Å². The molecule has 2 heterocycles. The zero-order chi connectivity index (χ0) is 19.1. The Morgan fingerprint density at radius 2 is 1.93 bits per heavy atom. The minimum absolute atomic E-state index is 0.0449. The second kappa shape index (κ2) is 9.60. The molecule has 148 valence electrons. The Labute approximate surface area is 162 Å². The molecule has 0 aromatic heterocycles. The first-order chi connectivity index (χ1) is 13.2. The molecule has 0 saturated carbocycles. The lowest BCUT2D eigenvalue weighted by molar-refractivity contribution is -0.129. The lowest BCUT2D eigenvalue weighted by atomic mass is 10.2. The Morgan fingerprint density at radius 1 is 1.19 bits per heavy atom. The minimum Gasteiger partial charge on any atom is -0.370 e. The largest absolute Gasteiger partial charge is 0.370 e. The van der Waals surface area contributed by atoms with Gasteiger partial charge in [0.15, 0.2) is 5.96 Å². The van der Waals surface area contributed by atoms with Crippen molar-refractivity contribution in [3.8, 4) is 0 Å². The van der Waals surface area contributed by atoms with Crippen LogP contribution in [0.4, 0.5) is 5.69 Å². The van der Waals surface area contributed by atoms with Crippen molar-refractivity contribution in [2.24, 2.45) is 10.7 Å². The Morgan fingerprint density at radius 3 is 2.63 bits per heavy atom. The molecule has 2 fully saturated rings. The van der Waals surface area contributed by atoms with Crippen LogP contribution in [-0.4, -0.2) is 80.1 Å². The maximum absolute atomic E-state index is 12.4. The Balaban J connectivity index is 1.39. The van der Waals surface area contributed by atoms with Crippen molar-refractivity contribution in [3.63, 3.8) is 0 Å². The van der Waals surface area contributed by atoms with E-state index in [9.17, 15) is 4.79 Å². The summed E-state index contributed by atoms with van der Waals surface area (Å²) in [6.07, 6.45) is 2.43. The average molecular weight is 373 g/mol. The molecule has 3 rings (SSSR count). The van der Waals surface area contributed by atoms with Gasteiger partial charge in [-0.25, -0.2) is 4.99 Å². The van der Waals surface area contributed by atoms with Gasteiger partial charge in [-0.15, -0.1) is 0 Å². The third-order valence-electron chi connectivity index (χ3n) is 5.56. The molecular weight excluding hydrogens is 340 g/mol. The monoisotopic (exact) mass is 372 g/mol. The number of nitrogens with two attached hydrogens (primary N) is 1. The topological polar surface area (TPSA) is 77.2 Å². The molecule has 0 aliphatic carbocycles. The van der Waals surface area contributed by atoms with E-state index >= 15 is 0 Å². The SMILES string of the molecule is CCN1CCCC1CNC(N)=NCC(=O)N1CCN(c2ccccc2)CC1. The van der Waals surface area contributed by atoms with Gasteiger partial charge >= 0.3 is 0 Å². The Kier molecular flexibility index (Phi) is 6.92. The Bertz CT molecular complexity index is 627. The summed E-state index contributed by atoms with van der Waals surface area (Å²) < 4.78 is 0. The number of amides is 1.